The number of nitrogens with zero attached hydrogens (tertiary/aromatic N) is 3. The Kier molecular flexibility index (Phi) is 3.24. The smallest absolute Gasteiger partial charge is 0.188 e. The van der Waals surface area contributed by atoms with E-state index in [4.69, 9.17) is 19.7 Å². The monoisotopic (exact) mass is 247 g/mol. The topological polar surface area (TPSA) is 96.7 Å². The van der Waals surface area contributed by atoms with Crippen LogP contribution >= 0.6 is 0 Å². The molecule has 2 rings (SSSR count). The Balaban J connectivity index is 2.18. The van der Waals surface area contributed by atoms with Gasteiger partial charge >= 0.3 is 0 Å². The van der Waals surface area contributed by atoms with Crippen LogP contribution in [0.4, 0.5) is 4.39 Å². The van der Waals surface area contributed by atoms with E-state index in [-0.39, 0.29) is 0 Å². The first-order valence-electron chi connectivity index (χ1n) is 5.28. The average Bonchev–Trinajstić information content (AvgIpc) is 2.72. The molecule has 8 heteroatoms. The molecule has 7 nitrogen and oxygen atoms in total. The molecular formula is C9H14FN3O4. The molecule has 0 radical (unpaired) electrons. The van der Waals surface area contributed by atoms with Crippen LogP contribution in [0.1, 0.15) is 13.8 Å². The summed E-state index contributed by atoms with van der Waals surface area (Å²) in [6, 6.07) is -0.794. The number of aliphatic hydroxyl groups excluding tert-OH is 1. The summed E-state index contributed by atoms with van der Waals surface area (Å²) in [5.41, 5.74) is 8.48. The van der Waals surface area contributed by atoms with Crippen LogP contribution in [0.3, 0.4) is 0 Å². The van der Waals surface area contributed by atoms with E-state index in [1.54, 1.807) is 13.8 Å². The lowest BCUT2D eigenvalue weighted by atomic mass is 10.0. The molecule has 5 atom stereocenters. The lowest BCUT2D eigenvalue weighted by Gasteiger charge is -2.24. The molecule has 2 aliphatic rings. The van der Waals surface area contributed by atoms with Gasteiger partial charge in [0.2, 0.25) is 0 Å². The summed E-state index contributed by atoms with van der Waals surface area (Å²) in [6.07, 6.45) is -3.66. The van der Waals surface area contributed by atoms with Crippen molar-refractivity contribution in [3.63, 3.8) is 0 Å². The Morgan fingerprint density at radius 1 is 1.53 bits per heavy atom. The highest BCUT2D eigenvalue weighted by atomic mass is 19.1. The average molecular weight is 247 g/mol. The summed E-state index contributed by atoms with van der Waals surface area (Å²) in [6.45, 7) is 2.41. The third-order valence-electron chi connectivity index (χ3n) is 2.77. The highest BCUT2D eigenvalue weighted by molar-refractivity contribution is 5.00. The van der Waals surface area contributed by atoms with Crippen LogP contribution in [-0.2, 0) is 14.2 Å². The van der Waals surface area contributed by atoms with Crippen molar-refractivity contribution in [1.29, 1.82) is 0 Å². The Morgan fingerprint density at radius 2 is 2.24 bits per heavy atom. The van der Waals surface area contributed by atoms with E-state index < -0.39 is 43.1 Å². The van der Waals surface area contributed by atoms with Gasteiger partial charge in [0.25, 0.3) is 0 Å². The fourth-order valence-corrected chi connectivity index (χ4v) is 2.11. The molecule has 0 amide bonds. The second-order valence-electron chi connectivity index (χ2n) is 4.49. The molecule has 0 aromatic carbocycles. The van der Waals surface area contributed by atoms with Gasteiger partial charge < -0.3 is 19.3 Å². The molecule has 96 valence electrons. The molecule has 0 spiro atoms. The summed E-state index contributed by atoms with van der Waals surface area (Å²) >= 11 is 0. The minimum absolute atomic E-state index is 0.618. The van der Waals surface area contributed by atoms with Crippen molar-refractivity contribution in [3.8, 4) is 0 Å². The van der Waals surface area contributed by atoms with Crippen molar-refractivity contribution >= 4 is 0 Å². The van der Waals surface area contributed by atoms with Crippen molar-refractivity contribution in [3.05, 3.63) is 10.4 Å². The highest BCUT2D eigenvalue weighted by Crippen LogP contribution is 2.39. The summed E-state index contributed by atoms with van der Waals surface area (Å²) in [7, 11) is 0. The third kappa shape index (κ3) is 2.22. The van der Waals surface area contributed by atoms with E-state index in [1.807, 2.05) is 0 Å². The fourth-order valence-electron chi connectivity index (χ4n) is 2.11. The van der Waals surface area contributed by atoms with Gasteiger partial charge in [-0.25, -0.2) is 4.39 Å². The molecule has 2 aliphatic heterocycles. The number of ether oxygens (including phenoxy) is 3. The summed E-state index contributed by atoms with van der Waals surface area (Å²) in [5.74, 6) is -0.843. The number of aliphatic hydroxyl groups is 1. The van der Waals surface area contributed by atoms with Crippen molar-refractivity contribution in [2.75, 3.05) is 6.67 Å². The van der Waals surface area contributed by atoms with Gasteiger partial charge in [0.1, 0.15) is 25.0 Å². The number of rotatable bonds is 3. The van der Waals surface area contributed by atoms with Crippen molar-refractivity contribution in [1.82, 2.24) is 0 Å². The molecule has 0 aliphatic carbocycles. The van der Waals surface area contributed by atoms with Gasteiger partial charge in [0.05, 0.1) is 6.04 Å². The molecule has 0 aromatic rings. The van der Waals surface area contributed by atoms with Crippen LogP contribution in [-0.4, -0.2) is 48.2 Å². The van der Waals surface area contributed by atoms with Crippen LogP contribution in [0.5, 0.6) is 0 Å². The van der Waals surface area contributed by atoms with Crippen molar-refractivity contribution < 1.29 is 23.7 Å². The van der Waals surface area contributed by atoms with Crippen LogP contribution in [0.2, 0.25) is 0 Å². The van der Waals surface area contributed by atoms with Gasteiger partial charge in [0, 0.05) is 4.91 Å². The molecule has 2 heterocycles. The van der Waals surface area contributed by atoms with E-state index in [0.29, 0.717) is 0 Å². The van der Waals surface area contributed by atoms with Gasteiger partial charge in [-0.3, -0.25) is 0 Å². The maximum absolute atomic E-state index is 12.4. The molecule has 0 saturated carbocycles. The zero-order valence-electron chi connectivity index (χ0n) is 9.49. The number of halogens is 1. The van der Waals surface area contributed by atoms with Crippen LogP contribution in [0, 0.1) is 0 Å². The van der Waals surface area contributed by atoms with E-state index in [1.165, 1.54) is 0 Å². The Hall–Kier alpha value is -0.920. The standard InChI is InChI=1S/C9H14FN3O4/c1-9(2)16-7-5(12-13-11)6(4(14)3-10)15-8(7)17-9/h4-8,14H,3H2,1-2H3/t4-,5-,6-,7-,8-/m1/s1. The predicted octanol–water partition coefficient (Wildman–Crippen LogP) is 0.872. The van der Waals surface area contributed by atoms with E-state index in [2.05, 4.69) is 10.0 Å². The second-order valence-corrected chi connectivity index (χ2v) is 4.49. The lowest BCUT2D eigenvalue weighted by molar-refractivity contribution is -0.216. The first kappa shape index (κ1) is 12.5. The largest absolute Gasteiger partial charge is 0.388 e. The minimum Gasteiger partial charge on any atom is -0.388 e. The number of azide groups is 1. The lowest BCUT2D eigenvalue weighted by Crippen LogP contribution is -2.40. The first-order valence-corrected chi connectivity index (χ1v) is 5.28. The number of hydrogen-bond acceptors (Lipinski definition) is 5. The highest BCUT2D eigenvalue weighted by Gasteiger charge is 2.56. The molecule has 0 unspecified atom stereocenters. The molecule has 0 bridgehead atoms. The number of hydrogen-bond donors (Lipinski definition) is 1. The fraction of sp³-hybridized carbons (Fsp3) is 1.00. The normalized spacial score (nSPS) is 40.7. The maximum Gasteiger partial charge on any atom is 0.188 e. The first-order chi connectivity index (χ1) is 7.98. The minimum atomic E-state index is -1.36. The van der Waals surface area contributed by atoms with Gasteiger partial charge in [-0.15, -0.1) is 0 Å². The Morgan fingerprint density at radius 3 is 2.82 bits per heavy atom. The van der Waals surface area contributed by atoms with Crippen LogP contribution < -0.4 is 0 Å². The molecular weight excluding hydrogens is 233 g/mol. The predicted molar refractivity (Wildman–Crippen MR) is 53.6 cm³/mol. The van der Waals surface area contributed by atoms with Gasteiger partial charge in [0.15, 0.2) is 12.1 Å². The van der Waals surface area contributed by atoms with Gasteiger partial charge in [-0.05, 0) is 19.4 Å². The molecule has 0 aromatic heterocycles. The van der Waals surface area contributed by atoms with E-state index in [9.17, 15) is 9.50 Å². The molecule has 17 heavy (non-hydrogen) atoms. The molecule has 1 N–H and O–H groups in total. The van der Waals surface area contributed by atoms with E-state index in [0.717, 1.165) is 0 Å². The third-order valence-corrected chi connectivity index (χ3v) is 2.77. The van der Waals surface area contributed by atoms with Gasteiger partial charge in [-0.2, -0.15) is 0 Å². The number of alkyl halides is 1. The number of fused-ring (bicyclic) bond motifs is 1. The van der Waals surface area contributed by atoms with E-state index >= 15 is 0 Å². The Bertz CT molecular complexity index is 347. The van der Waals surface area contributed by atoms with Crippen molar-refractivity contribution in [2.45, 2.75) is 50.3 Å². The second kappa shape index (κ2) is 4.40. The SMILES string of the molecule is CC1(C)O[C@H]2O[C@H]([C@H](O)CF)[C@@H](N=[N+]=[N-])[C@H]2O1. The zero-order chi connectivity index (χ0) is 12.6. The van der Waals surface area contributed by atoms with Crippen LogP contribution in [0.25, 0.3) is 10.4 Å². The molecule has 2 fully saturated rings. The summed E-state index contributed by atoms with van der Waals surface area (Å²) in [4.78, 5) is 2.67. The Labute approximate surface area is 97.1 Å². The summed E-state index contributed by atoms with van der Waals surface area (Å²) < 4.78 is 28.7. The summed E-state index contributed by atoms with van der Waals surface area (Å²) in [5, 5.41) is 13.0. The van der Waals surface area contributed by atoms with Crippen molar-refractivity contribution in [2.24, 2.45) is 5.11 Å². The quantitative estimate of drug-likeness (QED) is 0.454. The zero-order valence-corrected chi connectivity index (χ0v) is 9.49. The molecule has 2 saturated heterocycles. The maximum atomic E-state index is 12.4. The van der Waals surface area contributed by atoms with Gasteiger partial charge in [-0.1, -0.05) is 5.11 Å². The van der Waals surface area contributed by atoms with Crippen LogP contribution in [0.15, 0.2) is 5.11 Å².